The third-order valence-corrected chi connectivity index (χ3v) is 7.53. The van der Waals surface area contributed by atoms with Crippen molar-refractivity contribution in [1.29, 1.82) is 0 Å². The van der Waals surface area contributed by atoms with Crippen molar-refractivity contribution >= 4 is 46.1 Å². The minimum Gasteiger partial charge on any atom is -0.488 e. The van der Waals surface area contributed by atoms with Crippen LogP contribution in [0.15, 0.2) is 62.7 Å². The van der Waals surface area contributed by atoms with Gasteiger partial charge in [0.15, 0.2) is 5.16 Å². The maximum absolute atomic E-state index is 13.2. The van der Waals surface area contributed by atoms with Crippen molar-refractivity contribution in [1.82, 2.24) is 34.4 Å². The van der Waals surface area contributed by atoms with E-state index in [1.165, 1.54) is 23.5 Å². The van der Waals surface area contributed by atoms with Gasteiger partial charge in [-0.2, -0.15) is 4.37 Å². The topological polar surface area (TPSA) is 120 Å². The molecule has 34 heavy (non-hydrogen) atoms. The van der Waals surface area contributed by atoms with Crippen molar-refractivity contribution in [3.05, 3.63) is 54.2 Å². The fourth-order valence-corrected chi connectivity index (χ4v) is 5.15. The van der Waals surface area contributed by atoms with Gasteiger partial charge in [0.1, 0.15) is 34.7 Å². The van der Waals surface area contributed by atoms with E-state index < -0.39 is 0 Å². The molecule has 0 bridgehead atoms. The van der Waals surface area contributed by atoms with Crippen molar-refractivity contribution < 1.29 is 9.53 Å². The van der Waals surface area contributed by atoms with Crippen LogP contribution in [0.2, 0.25) is 0 Å². The number of carbonyl (C=O) groups is 1. The van der Waals surface area contributed by atoms with Crippen LogP contribution >= 0.6 is 35.1 Å². The van der Waals surface area contributed by atoms with Crippen molar-refractivity contribution in [2.75, 3.05) is 18.4 Å². The molecule has 1 aliphatic heterocycles. The molecule has 0 saturated carbocycles. The molecule has 0 unspecified atom stereocenters. The van der Waals surface area contributed by atoms with Crippen LogP contribution in [0.1, 0.15) is 16.3 Å². The molecule has 0 aliphatic carbocycles. The molecule has 3 aromatic heterocycles. The third-order valence-electron chi connectivity index (χ3n) is 4.76. The van der Waals surface area contributed by atoms with E-state index in [4.69, 9.17) is 4.74 Å². The Labute approximate surface area is 208 Å². The third kappa shape index (κ3) is 5.38. The zero-order chi connectivity index (χ0) is 23.5. The van der Waals surface area contributed by atoms with E-state index in [1.54, 1.807) is 17.8 Å². The number of rotatable bonds is 8. The number of anilines is 1. The largest absolute Gasteiger partial charge is 0.488 e. The van der Waals surface area contributed by atoms with Gasteiger partial charge in [0, 0.05) is 41.5 Å². The second kappa shape index (κ2) is 10.1. The van der Waals surface area contributed by atoms with Gasteiger partial charge in [-0.3, -0.25) is 10.1 Å². The highest BCUT2D eigenvalue weighted by Gasteiger charge is 2.20. The average Bonchev–Trinajstić information content (AvgIpc) is 3.40. The number of aryl methyl sites for hydroxylation is 2. The van der Waals surface area contributed by atoms with Crippen LogP contribution in [0.25, 0.3) is 0 Å². The van der Waals surface area contributed by atoms with Crippen LogP contribution in [0.3, 0.4) is 0 Å². The van der Waals surface area contributed by atoms with Gasteiger partial charge in [-0.15, -0.1) is 10.2 Å². The molecule has 1 aromatic carbocycles. The van der Waals surface area contributed by atoms with Crippen LogP contribution in [0, 0.1) is 6.92 Å². The van der Waals surface area contributed by atoms with Crippen molar-refractivity contribution in [2.45, 2.75) is 33.0 Å². The van der Waals surface area contributed by atoms with Gasteiger partial charge in [-0.1, -0.05) is 11.8 Å². The molecule has 13 heteroatoms. The van der Waals surface area contributed by atoms with E-state index in [-0.39, 0.29) is 12.0 Å². The Bertz CT molecular complexity index is 1300. The predicted octanol–water partition coefficient (Wildman–Crippen LogP) is 3.28. The summed E-state index contributed by atoms with van der Waals surface area (Å²) in [5.74, 6) is 1.08. The van der Waals surface area contributed by atoms with E-state index in [1.807, 2.05) is 43.4 Å². The summed E-state index contributed by atoms with van der Waals surface area (Å²) in [6.07, 6.45) is 1.84. The van der Waals surface area contributed by atoms with Gasteiger partial charge in [0.2, 0.25) is 5.13 Å². The number of nitrogens with zero attached hydrogens (tertiary/aromatic N) is 6. The molecule has 1 fully saturated rings. The lowest BCUT2D eigenvalue weighted by Gasteiger charge is -2.27. The van der Waals surface area contributed by atoms with E-state index in [0.29, 0.717) is 26.8 Å². The fourth-order valence-electron chi connectivity index (χ4n) is 2.94. The highest BCUT2D eigenvalue weighted by Crippen LogP contribution is 2.34. The zero-order valence-electron chi connectivity index (χ0n) is 18.3. The number of hydrogen-bond acceptors (Lipinski definition) is 11. The van der Waals surface area contributed by atoms with Crippen LogP contribution in [0.4, 0.5) is 5.13 Å². The molecule has 2 N–H and O–H groups in total. The number of nitrogens with one attached hydrogen (secondary N) is 2. The van der Waals surface area contributed by atoms with Crippen LogP contribution in [0.5, 0.6) is 5.75 Å². The molecule has 1 aliphatic rings. The average molecular weight is 513 g/mol. The minimum absolute atomic E-state index is 0.223. The van der Waals surface area contributed by atoms with Gasteiger partial charge in [0.25, 0.3) is 5.91 Å². The van der Waals surface area contributed by atoms with E-state index in [0.717, 1.165) is 40.2 Å². The van der Waals surface area contributed by atoms with E-state index >= 15 is 0 Å². The number of aromatic nitrogens is 6. The molecule has 0 radical (unpaired) electrons. The highest BCUT2D eigenvalue weighted by molar-refractivity contribution is 7.99. The molecular weight excluding hydrogens is 492 g/mol. The summed E-state index contributed by atoms with van der Waals surface area (Å²) in [6.45, 7) is 3.51. The summed E-state index contributed by atoms with van der Waals surface area (Å²) >= 11 is 3.93. The molecule has 4 heterocycles. The molecule has 174 valence electrons. The summed E-state index contributed by atoms with van der Waals surface area (Å²) < 4.78 is 11.8. The van der Waals surface area contributed by atoms with E-state index in [2.05, 4.69) is 35.2 Å². The SMILES string of the molecule is Cc1nsc(NC(=O)c2nc(Sc3nncn3C)ccc2Sc2ccc(OC3CNC3)cc2)n1. The van der Waals surface area contributed by atoms with Crippen molar-refractivity contribution in [3.8, 4) is 5.75 Å². The Morgan fingerprint density at radius 1 is 1.18 bits per heavy atom. The smallest absolute Gasteiger partial charge is 0.277 e. The first-order valence-electron chi connectivity index (χ1n) is 10.3. The summed E-state index contributed by atoms with van der Waals surface area (Å²) in [5.41, 5.74) is 0.297. The second-order valence-corrected chi connectivity index (χ2v) is 10.2. The number of ether oxygens (including phenoxy) is 1. The maximum Gasteiger partial charge on any atom is 0.277 e. The quantitative estimate of drug-likeness (QED) is 0.364. The number of carbonyl (C=O) groups excluding carboxylic acids is 1. The first-order chi connectivity index (χ1) is 16.5. The first-order valence-corrected chi connectivity index (χ1v) is 12.7. The molecule has 0 spiro atoms. The van der Waals surface area contributed by atoms with Gasteiger partial charge in [-0.25, -0.2) is 9.97 Å². The summed E-state index contributed by atoms with van der Waals surface area (Å²) in [4.78, 5) is 23.7. The van der Waals surface area contributed by atoms with Gasteiger partial charge in [-0.05, 0) is 55.1 Å². The normalized spacial score (nSPS) is 13.5. The Morgan fingerprint density at radius 2 is 2.00 bits per heavy atom. The molecule has 4 aromatic rings. The lowest BCUT2D eigenvalue weighted by Crippen LogP contribution is -2.50. The summed E-state index contributed by atoms with van der Waals surface area (Å²) in [5, 5.41) is 15.7. The standard InChI is InChI=1S/C21H20N8O2S3/c1-12-24-20(34-28-12)26-19(30)18-16(7-8-17(25-18)33-21-27-23-11-29(21)2)32-15-5-3-13(4-6-15)31-14-9-22-10-14/h3-8,11,14,22H,9-10H2,1-2H3,(H,24,26,28,30). The summed E-state index contributed by atoms with van der Waals surface area (Å²) in [7, 11) is 1.85. The number of pyridine rings is 1. The van der Waals surface area contributed by atoms with Crippen LogP contribution < -0.4 is 15.4 Å². The molecule has 5 rings (SSSR count). The Balaban J connectivity index is 1.39. The van der Waals surface area contributed by atoms with Gasteiger partial charge < -0.3 is 14.6 Å². The molecule has 10 nitrogen and oxygen atoms in total. The van der Waals surface area contributed by atoms with Crippen LogP contribution in [-0.2, 0) is 7.05 Å². The first kappa shape index (κ1) is 22.8. The Kier molecular flexibility index (Phi) is 6.76. The Morgan fingerprint density at radius 3 is 2.65 bits per heavy atom. The highest BCUT2D eigenvalue weighted by atomic mass is 32.2. The Hall–Kier alpha value is -3.00. The number of amides is 1. The molecule has 1 saturated heterocycles. The lowest BCUT2D eigenvalue weighted by molar-refractivity contribution is 0.101. The number of benzene rings is 1. The van der Waals surface area contributed by atoms with Gasteiger partial charge >= 0.3 is 0 Å². The second-order valence-electron chi connectivity index (χ2n) is 7.40. The fraction of sp³-hybridized carbons (Fsp3) is 0.238. The molecule has 1 amide bonds. The van der Waals surface area contributed by atoms with Crippen molar-refractivity contribution in [2.24, 2.45) is 7.05 Å². The zero-order valence-corrected chi connectivity index (χ0v) is 20.7. The van der Waals surface area contributed by atoms with Crippen LogP contribution in [-0.4, -0.2) is 54.2 Å². The maximum atomic E-state index is 13.2. The number of hydrogen-bond donors (Lipinski definition) is 2. The lowest BCUT2D eigenvalue weighted by atomic mass is 10.2. The molecular formula is C21H20N8O2S3. The molecule has 0 atom stereocenters. The minimum atomic E-state index is -0.350. The van der Waals surface area contributed by atoms with E-state index in [9.17, 15) is 4.79 Å². The van der Waals surface area contributed by atoms with Crippen molar-refractivity contribution in [3.63, 3.8) is 0 Å². The summed E-state index contributed by atoms with van der Waals surface area (Å²) in [6, 6.07) is 11.6. The van der Waals surface area contributed by atoms with Gasteiger partial charge in [0.05, 0.1) is 0 Å². The predicted molar refractivity (Wildman–Crippen MR) is 130 cm³/mol. The monoisotopic (exact) mass is 512 g/mol.